The van der Waals surface area contributed by atoms with Crippen LogP contribution in [0.5, 0.6) is 0 Å². The third-order valence-corrected chi connectivity index (χ3v) is 2.51. The molecule has 0 bridgehead atoms. The third kappa shape index (κ3) is 6.19. The lowest BCUT2D eigenvalue weighted by atomic mass is 10.1. The van der Waals surface area contributed by atoms with E-state index in [2.05, 4.69) is 10.5 Å². The van der Waals surface area contributed by atoms with Gasteiger partial charge in [-0.25, -0.2) is 0 Å². The summed E-state index contributed by atoms with van der Waals surface area (Å²) in [7, 11) is 1.65. The average molecular weight is 267 g/mol. The Morgan fingerprint density at radius 3 is 2.95 bits per heavy atom. The molecule has 0 aromatic heterocycles. The fourth-order valence-electron chi connectivity index (χ4n) is 1.52. The number of nitrogens with one attached hydrogen (secondary N) is 1. The lowest BCUT2D eigenvalue weighted by molar-refractivity contribution is 0.0719. The van der Waals surface area contributed by atoms with Gasteiger partial charge in [-0.2, -0.15) is 0 Å². The largest absolute Gasteiger partial charge is 0.409 e. The van der Waals surface area contributed by atoms with Crippen molar-refractivity contribution in [2.45, 2.75) is 6.54 Å². The minimum absolute atomic E-state index is 0.116. The van der Waals surface area contributed by atoms with Gasteiger partial charge >= 0.3 is 0 Å². The summed E-state index contributed by atoms with van der Waals surface area (Å²) in [4.78, 5) is 0. The zero-order valence-corrected chi connectivity index (χ0v) is 11.1. The van der Waals surface area contributed by atoms with E-state index in [1.165, 1.54) is 0 Å². The van der Waals surface area contributed by atoms with E-state index >= 15 is 0 Å². The fourth-order valence-corrected chi connectivity index (χ4v) is 1.52. The third-order valence-electron chi connectivity index (χ3n) is 2.51. The van der Waals surface area contributed by atoms with Gasteiger partial charge in [0.05, 0.1) is 19.8 Å². The van der Waals surface area contributed by atoms with Gasteiger partial charge in [-0.15, -0.1) is 0 Å². The topological polar surface area (TPSA) is 89.1 Å². The molecule has 6 heteroatoms. The van der Waals surface area contributed by atoms with E-state index in [1.54, 1.807) is 13.2 Å². The van der Waals surface area contributed by atoms with Crippen LogP contribution in [0.25, 0.3) is 0 Å². The Bertz CT molecular complexity index is 396. The summed E-state index contributed by atoms with van der Waals surface area (Å²) in [5.41, 5.74) is 7.31. The van der Waals surface area contributed by atoms with Crippen molar-refractivity contribution in [2.75, 3.05) is 33.5 Å². The number of amidine groups is 1. The maximum Gasteiger partial charge on any atom is 0.170 e. The molecular weight excluding hydrogens is 246 g/mol. The zero-order chi connectivity index (χ0) is 13.9. The van der Waals surface area contributed by atoms with Crippen LogP contribution in [0.15, 0.2) is 29.4 Å². The molecule has 0 aliphatic rings. The Balaban J connectivity index is 2.26. The Morgan fingerprint density at radius 2 is 2.21 bits per heavy atom. The van der Waals surface area contributed by atoms with Crippen molar-refractivity contribution in [1.82, 2.24) is 5.32 Å². The molecule has 106 valence electrons. The van der Waals surface area contributed by atoms with E-state index in [9.17, 15) is 0 Å². The van der Waals surface area contributed by atoms with Crippen molar-refractivity contribution < 1.29 is 14.7 Å². The highest BCUT2D eigenvalue weighted by Gasteiger charge is 2.00. The SMILES string of the molecule is COCCOCCNCc1cccc(C(N)=NO)c1. The maximum atomic E-state index is 8.62. The highest BCUT2D eigenvalue weighted by Crippen LogP contribution is 2.04. The molecule has 1 aromatic rings. The molecule has 0 heterocycles. The summed E-state index contributed by atoms with van der Waals surface area (Å²) in [6.07, 6.45) is 0. The zero-order valence-electron chi connectivity index (χ0n) is 11.1. The Morgan fingerprint density at radius 1 is 1.37 bits per heavy atom. The highest BCUT2D eigenvalue weighted by atomic mass is 16.5. The molecule has 1 rings (SSSR count). The fraction of sp³-hybridized carbons (Fsp3) is 0.462. The lowest BCUT2D eigenvalue weighted by Gasteiger charge is -2.07. The predicted octanol–water partition coefficient (Wildman–Crippen LogP) is 0.534. The van der Waals surface area contributed by atoms with Crippen LogP contribution in [0.3, 0.4) is 0 Å². The Kier molecular flexibility index (Phi) is 7.57. The molecule has 0 fully saturated rings. The summed E-state index contributed by atoms with van der Waals surface area (Å²) >= 11 is 0. The molecule has 0 saturated carbocycles. The molecule has 0 spiro atoms. The molecule has 0 saturated heterocycles. The van der Waals surface area contributed by atoms with Crippen LogP contribution in [0, 0.1) is 0 Å². The predicted molar refractivity (Wildman–Crippen MR) is 73.4 cm³/mol. The number of rotatable bonds is 9. The molecule has 1 aromatic carbocycles. The number of hydrogen-bond acceptors (Lipinski definition) is 5. The van der Waals surface area contributed by atoms with Crippen LogP contribution in [0.1, 0.15) is 11.1 Å². The number of benzene rings is 1. The van der Waals surface area contributed by atoms with E-state index in [0.29, 0.717) is 31.9 Å². The standard InChI is InChI=1S/C13H21N3O3/c1-18-7-8-19-6-5-15-10-11-3-2-4-12(9-11)13(14)16-17/h2-4,9,15,17H,5-8,10H2,1H3,(H2,14,16). The van der Waals surface area contributed by atoms with Gasteiger partial charge in [-0.05, 0) is 11.6 Å². The molecule has 4 N–H and O–H groups in total. The number of ether oxygens (including phenoxy) is 2. The van der Waals surface area contributed by atoms with Gasteiger partial charge in [0, 0.05) is 25.8 Å². The van der Waals surface area contributed by atoms with Crippen LogP contribution >= 0.6 is 0 Å². The Labute approximate surface area is 113 Å². The smallest absolute Gasteiger partial charge is 0.170 e. The summed E-state index contributed by atoms with van der Waals surface area (Å²) < 4.78 is 10.2. The number of nitrogens with zero attached hydrogens (tertiary/aromatic N) is 1. The van der Waals surface area contributed by atoms with E-state index < -0.39 is 0 Å². The molecule has 0 unspecified atom stereocenters. The first kappa shape index (κ1) is 15.4. The van der Waals surface area contributed by atoms with E-state index in [0.717, 1.165) is 12.1 Å². The van der Waals surface area contributed by atoms with Crippen molar-refractivity contribution in [3.8, 4) is 0 Å². The van der Waals surface area contributed by atoms with Crippen molar-refractivity contribution in [2.24, 2.45) is 10.9 Å². The number of oxime groups is 1. The van der Waals surface area contributed by atoms with Gasteiger partial charge in [-0.1, -0.05) is 23.4 Å². The minimum Gasteiger partial charge on any atom is -0.409 e. The summed E-state index contributed by atoms with van der Waals surface area (Å²) in [5, 5.41) is 14.9. The van der Waals surface area contributed by atoms with Gasteiger partial charge in [0.1, 0.15) is 0 Å². The lowest BCUT2D eigenvalue weighted by Crippen LogP contribution is -2.20. The summed E-state index contributed by atoms with van der Waals surface area (Å²) in [5.74, 6) is 0.116. The van der Waals surface area contributed by atoms with Gasteiger partial charge in [0.2, 0.25) is 0 Å². The number of nitrogens with two attached hydrogens (primary N) is 1. The molecule has 0 atom stereocenters. The second-order valence-electron chi connectivity index (χ2n) is 3.97. The normalized spacial score (nSPS) is 11.7. The van der Waals surface area contributed by atoms with E-state index in [-0.39, 0.29) is 5.84 Å². The van der Waals surface area contributed by atoms with E-state index in [1.807, 2.05) is 18.2 Å². The minimum atomic E-state index is 0.116. The molecular formula is C13H21N3O3. The molecule has 6 nitrogen and oxygen atoms in total. The van der Waals surface area contributed by atoms with Gasteiger partial charge in [0.15, 0.2) is 5.84 Å². The van der Waals surface area contributed by atoms with Gasteiger partial charge in [0.25, 0.3) is 0 Å². The molecule has 0 radical (unpaired) electrons. The average Bonchev–Trinajstić information content (AvgIpc) is 2.46. The van der Waals surface area contributed by atoms with Crippen molar-refractivity contribution in [3.63, 3.8) is 0 Å². The molecule has 0 amide bonds. The molecule has 0 aliphatic heterocycles. The monoisotopic (exact) mass is 267 g/mol. The van der Waals surface area contributed by atoms with Crippen molar-refractivity contribution >= 4 is 5.84 Å². The Hall–Kier alpha value is -1.63. The van der Waals surface area contributed by atoms with Crippen LogP contribution < -0.4 is 11.1 Å². The summed E-state index contributed by atoms with van der Waals surface area (Å²) in [6, 6.07) is 7.53. The van der Waals surface area contributed by atoms with E-state index in [4.69, 9.17) is 20.4 Å². The van der Waals surface area contributed by atoms with Crippen LogP contribution in [0.4, 0.5) is 0 Å². The summed E-state index contributed by atoms with van der Waals surface area (Å²) in [6.45, 7) is 3.33. The highest BCUT2D eigenvalue weighted by molar-refractivity contribution is 5.97. The molecule has 19 heavy (non-hydrogen) atoms. The van der Waals surface area contributed by atoms with Crippen LogP contribution in [-0.2, 0) is 16.0 Å². The second-order valence-corrected chi connectivity index (χ2v) is 3.97. The number of methoxy groups -OCH3 is 1. The van der Waals surface area contributed by atoms with Crippen LogP contribution in [0.2, 0.25) is 0 Å². The van der Waals surface area contributed by atoms with Gasteiger partial charge in [-0.3, -0.25) is 0 Å². The first-order chi connectivity index (χ1) is 9.27. The maximum absolute atomic E-state index is 8.62. The molecule has 0 aliphatic carbocycles. The number of hydrogen-bond donors (Lipinski definition) is 3. The van der Waals surface area contributed by atoms with Crippen molar-refractivity contribution in [1.29, 1.82) is 0 Å². The van der Waals surface area contributed by atoms with Gasteiger partial charge < -0.3 is 25.7 Å². The second kappa shape index (κ2) is 9.32. The van der Waals surface area contributed by atoms with Crippen LogP contribution in [-0.4, -0.2) is 44.5 Å². The van der Waals surface area contributed by atoms with Crippen molar-refractivity contribution in [3.05, 3.63) is 35.4 Å². The quantitative estimate of drug-likeness (QED) is 0.200. The first-order valence-electron chi connectivity index (χ1n) is 6.12. The first-order valence-corrected chi connectivity index (χ1v) is 6.12.